The number of ether oxygens (including phenoxy) is 1. The van der Waals surface area contributed by atoms with E-state index in [2.05, 4.69) is 33.1 Å². The number of phenols is 1. The number of benzene rings is 3. The van der Waals surface area contributed by atoms with Crippen molar-refractivity contribution in [1.29, 1.82) is 0 Å². The fourth-order valence-electron chi connectivity index (χ4n) is 2.90. The highest BCUT2D eigenvalue weighted by atomic mass is 127. The maximum Gasteiger partial charge on any atom is 0.264 e. The number of amides is 1. The van der Waals surface area contributed by atoms with Gasteiger partial charge in [0.25, 0.3) is 15.9 Å². The molecule has 2 N–H and O–H groups in total. The van der Waals surface area contributed by atoms with Gasteiger partial charge in [0.1, 0.15) is 6.54 Å². The first kappa shape index (κ1) is 24.5. The molecule has 0 spiro atoms. The van der Waals surface area contributed by atoms with Crippen molar-refractivity contribution in [2.45, 2.75) is 11.8 Å². The molecule has 8 nitrogen and oxygen atoms in total. The molecule has 0 fully saturated rings. The van der Waals surface area contributed by atoms with E-state index in [1.165, 1.54) is 18.3 Å². The van der Waals surface area contributed by atoms with Gasteiger partial charge >= 0.3 is 0 Å². The summed E-state index contributed by atoms with van der Waals surface area (Å²) in [4.78, 5) is 12.7. The van der Waals surface area contributed by atoms with Gasteiger partial charge in [0.05, 0.1) is 23.4 Å². The van der Waals surface area contributed by atoms with Crippen molar-refractivity contribution in [3.63, 3.8) is 0 Å². The second kappa shape index (κ2) is 11.1. The number of nitrogens with one attached hydrogen (secondary N) is 1. The maximum atomic E-state index is 13.3. The van der Waals surface area contributed by atoms with E-state index in [9.17, 15) is 18.3 Å². The molecule has 3 aromatic carbocycles. The monoisotopic (exact) mass is 579 g/mol. The Morgan fingerprint density at radius 3 is 2.45 bits per heavy atom. The van der Waals surface area contributed by atoms with Crippen LogP contribution in [0.5, 0.6) is 11.5 Å². The van der Waals surface area contributed by atoms with Gasteiger partial charge in [0.2, 0.25) is 0 Å². The molecule has 0 saturated heterocycles. The number of aromatic hydroxyl groups is 1. The van der Waals surface area contributed by atoms with E-state index in [1.807, 2.05) is 0 Å². The Balaban J connectivity index is 1.80. The molecule has 33 heavy (non-hydrogen) atoms. The highest BCUT2D eigenvalue weighted by Gasteiger charge is 2.27. The molecule has 0 atom stereocenters. The largest absolute Gasteiger partial charge is 0.504 e. The fraction of sp³-hybridized carbons (Fsp3) is 0.130. The summed E-state index contributed by atoms with van der Waals surface area (Å²) in [6.45, 7) is 1.69. The van der Waals surface area contributed by atoms with Crippen LogP contribution in [0.2, 0.25) is 0 Å². The molecule has 0 aliphatic carbocycles. The van der Waals surface area contributed by atoms with E-state index in [1.54, 1.807) is 67.6 Å². The van der Waals surface area contributed by atoms with E-state index in [-0.39, 0.29) is 10.6 Å². The number of anilines is 1. The number of sulfonamides is 1. The van der Waals surface area contributed by atoms with Crippen molar-refractivity contribution >= 4 is 50.4 Å². The molecule has 1 amide bonds. The lowest BCUT2D eigenvalue weighted by Gasteiger charge is -2.23. The molecule has 10 heteroatoms. The molecule has 172 valence electrons. The van der Waals surface area contributed by atoms with Crippen molar-refractivity contribution in [3.8, 4) is 11.5 Å². The van der Waals surface area contributed by atoms with Gasteiger partial charge in [0, 0.05) is 9.13 Å². The van der Waals surface area contributed by atoms with Crippen LogP contribution >= 0.6 is 22.6 Å². The van der Waals surface area contributed by atoms with Gasteiger partial charge in [0.15, 0.2) is 11.5 Å². The summed E-state index contributed by atoms with van der Waals surface area (Å²) in [5, 5.41) is 14.1. The molecule has 0 aliphatic rings. The predicted molar refractivity (Wildman–Crippen MR) is 135 cm³/mol. The first-order valence-electron chi connectivity index (χ1n) is 9.93. The highest BCUT2D eigenvalue weighted by Crippen LogP contribution is 2.28. The molecule has 0 heterocycles. The minimum absolute atomic E-state index is 0.0671. The number of hydrazone groups is 1. The zero-order valence-electron chi connectivity index (χ0n) is 17.7. The van der Waals surface area contributed by atoms with Crippen molar-refractivity contribution in [2.24, 2.45) is 5.10 Å². The summed E-state index contributed by atoms with van der Waals surface area (Å²) in [6.07, 6.45) is 1.26. The van der Waals surface area contributed by atoms with E-state index in [0.29, 0.717) is 23.6 Å². The smallest absolute Gasteiger partial charge is 0.264 e. The van der Waals surface area contributed by atoms with Gasteiger partial charge in [-0.3, -0.25) is 9.10 Å². The average Bonchev–Trinajstić information content (AvgIpc) is 2.81. The van der Waals surface area contributed by atoms with Gasteiger partial charge in [-0.05, 0) is 78.0 Å². The molecule has 3 aromatic rings. The number of hydrogen-bond donors (Lipinski definition) is 2. The summed E-state index contributed by atoms with van der Waals surface area (Å²) >= 11 is 2.12. The first-order chi connectivity index (χ1) is 15.8. The normalized spacial score (nSPS) is 11.3. The summed E-state index contributed by atoms with van der Waals surface area (Å²) in [5.41, 5.74) is 3.00. The Kier molecular flexibility index (Phi) is 8.28. The van der Waals surface area contributed by atoms with Gasteiger partial charge in [-0.25, -0.2) is 13.8 Å². The molecule has 3 rings (SSSR count). The summed E-state index contributed by atoms with van der Waals surface area (Å²) in [5.74, 6) is -0.458. The van der Waals surface area contributed by atoms with E-state index >= 15 is 0 Å². The number of para-hydroxylation sites is 1. The Labute approximate surface area is 206 Å². The SMILES string of the molecule is CCOc1cccc(/C=N\NC(=O)CN(c2ccc(I)cc2)S(=O)(=O)c2ccccc2)c1O. The second-order valence-corrected chi connectivity index (χ2v) is 9.83. The lowest BCUT2D eigenvalue weighted by atomic mass is 10.2. The molecule has 0 bridgehead atoms. The van der Waals surface area contributed by atoms with Crippen LogP contribution in [0.1, 0.15) is 12.5 Å². The fourth-order valence-corrected chi connectivity index (χ4v) is 4.70. The molecule has 0 saturated carbocycles. The topological polar surface area (TPSA) is 108 Å². The lowest BCUT2D eigenvalue weighted by Crippen LogP contribution is -2.39. The number of hydrogen-bond acceptors (Lipinski definition) is 6. The van der Waals surface area contributed by atoms with Crippen LogP contribution in [-0.4, -0.2) is 38.8 Å². The minimum Gasteiger partial charge on any atom is -0.504 e. The minimum atomic E-state index is -4.00. The third-order valence-corrected chi connectivity index (χ3v) is 6.96. The van der Waals surface area contributed by atoms with E-state index < -0.39 is 22.5 Å². The second-order valence-electron chi connectivity index (χ2n) is 6.72. The average molecular weight is 579 g/mol. The number of phenolic OH excluding ortho intramolecular Hbond substituents is 1. The Morgan fingerprint density at radius 1 is 1.09 bits per heavy atom. The number of nitrogens with zero attached hydrogens (tertiary/aromatic N) is 2. The van der Waals surface area contributed by atoms with E-state index in [0.717, 1.165) is 7.88 Å². The Bertz CT molecular complexity index is 1230. The number of rotatable bonds is 9. The van der Waals surface area contributed by atoms with Gasteiger partial charge in [-0.1, -0.05) is 24.3 Å². The van der Waals surface area contributed by atoms with E-state index in [4.69, 9.17) is 4.74 Å². The zero-order valence-corrected chi connectivity index (χ0v) is 20.7. The third-order valence-electron chi connectivity index (χ3n) is 4.46. The molecule has 0 aromatic heterocycles. The van der Waals surface area contributed by atoms with Gasteiger partial charge in [-0.15, -0.1) is 0 Å². The van der Waals surface area contributed by atoms with Gasteiger partial charge in [-0.2, -0.15) is 5.10 Å². The van der Waals surface area contributed by atoms with Crippen molar-refractivity contribution < 1.29 is 23.1 Å². The quantitative estimate of drug-likeness (QED) is 0.228. The van der Waals surface area contributed by atoms with Crippen LogP contribution in [0.4, 0.5) is 5.69 Å². The van der Waals surface area contributed by atoms with Crippen LogP contribution in [0, 0.1) is 3.57 Å². The highest BCUT2D eigenvalue weighted by molar-refractivity contribution is 14.1. The van der Waals surface area contributed by atoms with Crippen LogP contribution in [0.15, 0.2) is 82.8 Å². The first-order valence-corrected chi connectivity index (χ1v) is 12.4. The third kappa shape index (κ3) is 6.23. The molecule has 0 radical (unpaired) electrons. The molecular formula is C23H22IN3O5S. The van der Waals surface area contributed by atoms with Crippen molar-refractivity contribution in [1.82, 2.24) is 5.43 Å². The van der Waals surface area contributed by atoms with Gasteiger partial charge < -0.3 is 9.84 Å². The zero-order chi connectivity index (χ0) is 23.8. The summed E-state index contributed by atoms with van der Waals surface area (Å²) in [6, 6.07) is 19.6. The van der Waals surface area contributed by atoms with Crippen LogP contribution < -0.4 is 14.5 Å². The summed E-state index contributed by atoms with van der Waals surface area (Å²) < 4.78 is 33.8. The standard InChI is InChI=1S/C23H22IN3O5S/c1-2-32-21-10-6-7-17(23(21)29)15-25-26-22(28)16-27(19-13-11-18(24)12-14-19)33(30,31)20-8-4-3-5-9-20/h3-15,29H,2,16H2,1H3,(H,26,28)/b25-15-. The van der Waals surface area contributed by atoms with Crippen molar-refractivity contribution in [2.75, 3.05) is 17.5 Å². The number of carbonyl (C=O) groups excluding carboxylic acids is 1. The molecule has 0 aliphatic heterocycles. The Hall–Kier alpha value is -3.12. The van der Waals surface area contributed by atoms with Crippen LogP contribution in [0.25, 0.3) is 0 Å². The Morgan fingerprint density at radius 2 is 1.79 bits per heavy atom. The van der Waals surface area contributed by atoms with Crippen LogP contribution in [0.3, 0.4) is 0 Å². The molecule has 0 unspecified atom stereocenters. The summed E-state index contributed by atoms with van der Waals surface area (Å²) in [7, 11) is -4.00. The van der Waals surface area contributed by atoms with Crippen LogP contribution in [-0.2, 0) is 14.8 Å². The van der Waals surface area contributed by atoms with Crippen molar-refractivity contribution in [3.05, 3.63) is 81.9 Å². The molecular weight excluding hydrogens is 557 g/mol. The lowest BCUT2D eigenvalue weighted by molar-refractivity contribution is -0.119. The number of carbonyl (C=O) groups is 1. The maximum absolute atomic E-state index is 13.3. The number of halogens is 1. The predicted octanol–water partition coefficient (Wildman–Crippen LogP) is 3.74.